The van der Waals surface area contributed by atoms with Crippen LogP contribution < -0.4 is 5.32 Å². The predicted octanol–water partition coefficient (Wildman–Crippen LogP) is 6.61. The summed E-state index contributed by atoms with van der Waals surface area (Å²) in [7, 11) is 0. The van der Waals surface area contributed by atoms with Crippen LogP contribution in [0, 0.1) is 5.41 Å². The minimum absolute atomic E-state index is 0.532. The molecule has 1 heterocycles. The van der Waals surface area contributed by atoms with Crippen molar-refractivity contribution >= 4 is 11.5 Å². The second-order valence-corrected chi connectivity index (χ2v) is 7.23. The van der Waals surface area contributed by atoms with Crippen LogP contribution in [0.4, 0.5) is 5.82 Å². The van der Waals surface area contributed by atoms with Gasteiger partial charge in [0.25, 0.3) is 0 Å². The zero-order valence-electron chi connectivity index (χ0n) is 17.1. The topological polar surface area (TPSA) is 48.8 Å². The Morgan fingerprint density at radius 2 is 1.56 bits per heavy atom. The van der Waals surface area contributed by atoms with Gasteiger partial charge in [0.2, 0.25) is 0 Å². The zero-order chi connectivity index (χ0) is 19.3. The highest BCUT2D eigenvalue weighted by molar-refractivity contribution is 6.13. The van der Waals surface area contributed by atoms with Gasteiger partial charge in [0.1, 0.15) is 5.82 Å². The van der Waals surface area contributed by atoms with Crippen molar-refractivity contribution in [2.24, 2.45) is 0 Å². The van der Waals surface area contributed by atoms with Gasteiger partial charge in [-0.25, -0.2) is 4.98 Å². The number of nitrogens with zero attached hydrogens (tertiary/aromatic N) is 1. The van der Waals surface area contributed by atoms with Crippen molar-refractivity contribution in [3.05, 3.63) is 59.3 Å². The van der Waals surface area contributed by atoms with Crippen LogP contribution in [0.15, 0.2) is 42.6 Å². The van der Waals surface area contributed by atoms with Gasteiger partial charge in [-0.3, -0.25) is 5.41 Å². The van der Waals surface area contributed by atoms with Crippen molar-refractivity contribution in [2.45, 2.75) is 71.6 Å². The largest absolute Gasteiger partial charge is 0.370 e. The Hall–Kier alpha value is -2.16. The summed E-state index contributed by atoms with van der Waals surface area (Å²) in [6.45, 7) is 5.33. The summed E-state index contributed by atoms with van der Waals surface area (Å²) in [4.78, 5) is 4.47. The fraction of sp³-hybridized carbons (Fsp3) is 0.500. The summed E-state index contributed by atoms with van der Waals surface area (Å²) in [5.74, 6) is 0.824. The molecule has 1 aromatic heterocycles. The fourth-order valence-corrected chi connectivity index (χ4v) is 3.28. The molecule has 3 heteroatoms. The fourth-order valence-electron chi connectivity index (χ4n) is 3.28. The molecule has 27 heavy (non-hydrogen) atoms. The van der Waals surface area contributed by atoms with Crippen molar-refractivity contribution in [2.75, 3.05) is 11.9 Å². The number of anilines is 1. The van der Waals surface area contributed by atoms with Gasteiger partial charge in [-0.05, 0) is 30.5 Å². The normalized spacial score (nSPS) is 10.7. The molecule has 0 fully saturated rings. The number of aromatic nitrogens is 1. The number of hydrogen-bond acceptors (Lipinski definition) is 3. The van der Waals surface area contributed by atoms with E-state index in [-0.39, 0.29) is 0 Å². The molecule has 2 N–H and O–H groups in total. The molecule has 0 radical (unpaired) electrons. The first-order chi connectivity index (χ1) is 13.3. The Bertz CT molecular complexity index is 676. The Morgan fingerprint density at radius 3 is 2.22 bits per heavy atom. The third kappa shape index (κ3) is 7.16. The summed E-state index contributed by atoms with van der Waals surface area (Å²) < 4.78 is 0. The number of unbranched alkanes of at least 4 members (excludes halogenated alkanes) is 7. The lowest BCUT2D eigenvalue weighted by atomic mass is 10.0. The maximum atomic E-state index is 8.59. The summed E-state index contributed by atoms with van der Waals surface area (Å²) in [5, 5.41) is 12.0. The predicted molar refractivity (Wildman–Crippen MR) is 117 cm³/mol. The Balaban J connectivity index is 1.81. The number of nitrogens with one attached hydrogen (secondary N) is 2. The molecule has 0 aliphatic rings. The van der Waals surface area contributed by atoms with Crippen molar-refractivity contribution in [3.63, 3.8) is 0 Å². The third-order valence-electron chi connectivity index (χ3n) is 5.05. The average molecular weight is 366 g/mol. The van der Waals surface area contributed by atoms with E-state index in [0.29, 0.717) is 5.71 Å². The van der Waals surface area contributed by atoms with Crippen LogP contribution in [0.3, 0.4) is 0 Å². The van der Waals surface area contributed by atoms with E-state index < -0.39 is 0 Å². The van der Waals surface area contributed by atoms with Crippen molar-refractivity contribution in [1.82, 2.24) is 4.98 Å². The van der Waals surface area contributed by atoms with Crippen molar-refractivity contribution in [3.8, 4) is 0 Å². The molecule has 0 atom stereocenters. The number of benzene rings is 1. The summed E-state index contributed by atoms with van der Waals surface area (Å²) >= 11 is 0. The quantitative estimate of drug-likeness (QED) is 0.310. The molecule has 2 rings (SSSR count). The minimum Gasteiger partial charge on any atom is -0.370 e. The van der Waals surface area contributed by atoms with Gasteiger partial charge in [0, 0.05) is 23.9 Å². The SMILES string of the molecule is CCCCCCCCCCNc1ncccc1C(=N)c1ccc(CC)cc1. The molecule has 146 valence electrons. The van der Waals surface area contributed by atoms with Gasteiger partial charge in [0.05, 0.1) is 5.71 Å². The summed E-state index contributed by atoms with van der Waals surface area (Å²) in [6, 6.07) is 12.2. The molecule has 3 nitrogen and oxygen atoms in total. The lowest BCUT2D eigenvalue weighted by molar-refractivity contribution is 0.581. The van der Waals surface area contributed by atoms with Crippen LogP contribution in [0.2, 0.25) is 0 Å². The smallest absolute Gasteiger partial charge is 0.135 e. The number of pyridine rings is 1. The number of aryl methyl sites for hydroxylation is 1. The maximum Gasteiger partial charge on any atom is 0.135 e. The van der Waals surface area contributed by atoms with Crippen LogP contribution in [-0.4, -0.2) is 17.2 Å². The molecule has 0 saturated carbocycles. The zero-order valence-corrected chi connectivity index (χ0v) is 17.1. The number of rotatable bonds is 13. The Morgan fingerprint density at radius 1 is 0.889 bits per heavy atom. The molecule has 0 bridgehead atoms. The second kappa shape index (κ2) is 12.3. The van der Waals surface area contributed by atoms with Crippen molar-refractivity contribution in [1.29, 1.82) is 5.41 Å². The molecule has 1 aromatic carbocycles. The highest BCUT2D eigenvalue weighted by Gasteiger charge is 2.10. The molecular weight excluding hydrogens is 330 g/mol. The molecule has 0 unspecified atom stereocenters. The average Bonchev–Trinajstić information content (AvgIpc) is 2.72. The molecule has 0 saturated heterocycles. The van der Waals surface area contributed by atoms with Gasteiger partial charge in [-0.2, -0.15) is 0 Å². The van der Waals surface area contributed by atoms with E-state index in [1.807, 2.05) is 24.3 Å². The van der Waals surface area contributed by atoms with Crippen LogP contribution in [-0.2, 0) is 6.42 Å². The van der Waals surface area contributed by atoms with E-state index in [4.69, 9.17) is 5.41 Å². The maximum absolute atomic E-state index is 8.59. The van der Waals surface area contributed by atoms with Gasteiger partial charge in [0.15, 0.2) is 0 Å². The highest BCUT2D eigenvalue weighted by Crippen LogP contribution is 2.18. The monoisotopic (exact) mass is 365 g/mol. The van der Waals surface area contributed by atoms with Gasteiger partial charge >= 0.3 is 0 Å². The van der Waals surface area contributed by atoms with Gasteiger partial charge < -0.3 is 5.32 Å². The minimum atomic E-state index is 0.532. The van der Waals surface area contributed by atoms with Gasteiger partial charge in [-0.15, -0.1) is 0 Å². The van der Waals surface area contributed by atoms with Crippen LogP contribution in [0.1, 0.15) is 81.9 Å². The van der Waals surface area contributed by atoms with E-state index in [0.717, 1.165) is 36.3 Å². The molecule has 0 spiro atoms. The lowest BCUT2D eigenvalue weighted by Crippen LogP contribution is -2.10. The van der Waals surface area contributed by atoms with Crippen LogP contribution in [0.5, 0.6) is 0 Å². The van der Waals surface area contributed by atoms with E-state index in [9.17, 15) is 0 Å². The van der Waals surface area contributed by atoms with E-state index in [2.05, 4.69) is 36.3 Å². The van der Waals surface area contributed by atoms with Crippen LogP contribution >= 0.6 is 0 Å². The Labute approximate surface area is 165 Å². The molecule has 0 aliphatic heterocycles. The number of hydrogen-bond donors (Lipinski definition) is 2. The first-order valence-corrected chi connectivity index (χ1v) is 10.6. The second-order valence-electron chi connectivity index (χ2n) is 7.23. The Kier molecular flexibility index (Phi) is 9.61. The first-order valence-electron chi connectivity index (χ1n) is 10.6. The van der Waals surface area contributed by atoms with E-state index in [1.54, 1.807) is 6.20 Å². The summed E-state index contributed by atoms with van der Waals surface area (Å²) in [6.07, 6.45) is 13.4. The summed E-state index contributed by atoms with van der Waals surface area (Å²) in [5.41, 5.74) is 3.64. The molecule has 2 aromatic rings. The molecular formula is C24H35N3. The molecule has 0 aliphatic carbocycles. The molecule has 0 amide bonds. The third-order valence-corrected chi connectivity index (χ3v) is 5.05. The first kappa shape index (κ1) is 21.1. The van der Waals surface area contributed by atoms with Gasteiger partial charge in [-0.1, -0.05) is 83.1 Å². The van der Waals surface area contributed by atoms with Crippen molar-refractivity contribution < 1.29 is 0 Å². The standard InChI is InChI=1S/C24H35N3/c1-3-5-6-7-8-9-10-11-18-26-24-22(13-12-19-27-24)23(25)21-16-14-20(4-2)15-17-21/h12-17,19,25H,3-11,18H2,1-2H3,(H,26,27). The van der Waals surface area contributed by atoms with E-state index >= 15 is 0 Å². The highest BCUT2D eigenvalue weighted by atomic mass is 15.0. The van der Waals surface area contributed by atoms with E-state index in [1.165, 1.54) is 50.5 Å². The van der Waals surface area contributed by atoms with Crippen LogP contribution in [0.25, 0.3) is 0 Å². The lowest BCUT2D eigenvalue weighted by Gasteiger charge is -2.12.